The maximum atomic E-state index is 13.5. The Labute approximate surface area is 120 Å². The topological polar surface area (TPSA) is 27.7 Å². The Bertz CT molecular complexity index is 365. The number of hydrogen-bond donors (Lipinski definition) is 0. The predicted molar refractivity (Wildman–Crippen MR) is 71.8 cm³/mol. The predicted octanol–water partition coefficient (Wildman–Crippen LogP) is 3.29. The fraction of sp³-hybridized carbons (Fsp3) is 0.538. The van der Waals surface area contributed by atoms with Crippen molar-refractivity contribution in [1.82, 2.24) is 0 Å². The highest BCUT2D eigenvalue weighted by atomic mass is 79.9. The van der Waals surface area contributed by atoms with Crippen molar-refractivity contribution in [1.29, 1.82) is 0 Å². The van der Waals surface area contributed by atoms with E-state index in [2.05, 4.69) is 15.9 Å². The van der Waals surface area contributed by atoms with Crippen molar-refractivity contribution in [3.8, 4) is 5.75 Å². The standard InChI is InChI=1S/C13H17BrF2O3/c1-17-5-6-18-3-2-4-19-13-11(15)7-10(9-14)8-12(13)16/h7-8H,2-6,9H2,1H3. The lowest BCUT2D eigenvalue weighted by atomic mass is 10.2. The third-order valence-electron chi connectivity index (χ3n) is 2.32. The molecular formula is C13H17BrF2O3. The van der Waals surface area contributed by atoms with Crippen molar-refractivity contribution in [2.24, 2.45) is 0 Å². The molecule has 0 N–H and O–H groups in total. The second-order valence-corrected chi connectivity index (χ2v) is 4.39. The van der Waals surface area contributed by atoms with Gasteiger partial charge in [0.1, 0.15) is 0 Å². The van der Waals surface area contributed by atoms with Gasteiger partial charge >= 0.3 is 0 Å². The zero-order chi connectivity index (χ0) is 14.1. The number of rotatable bonds is 9. The molecule has 0 aromatic heterocycles. The SMILES string of the molecule is COCCOCCCOc1c(F)cc(CBr)cc1F. The van der Waals surface area contributed by atoms with E-state index in [1.807, 2.05) is 0 Å². The molecule has 0 aliphatic carbocycles. The first-order valence-corrected chi connectivity index (χ1v) is 7.04. The summed E-state index contributed by atoms with van der Waals surface area (Å²) < 4.78 is 42.2. The summed E-state index contributed by atoms with van der Waals surface area (Å²) in [6.07, 6.45) is 0.558. The third kappa shape index (κ3) is 5.84. The van der Waals surface area contributed by atoms with Gasteiger partial charge in [0.25, 0.3) is 0 Å². The fourth-order valence-corrected chi connectivity index (χ4v) is 1.73. The van der Waals surface area contributed by atoms with Crippen LogP contribution in [0.3, 0.4) is 0 Å². The van der Waals surface area contributed by atoms with E-state index < -0.39 is 11.6 Å². The lowest BCUT2D eigenvalue weighted by Gasteiger charge is -2.09. The van der Waals surface area contributed by atoms with Gasteiger partial charge in [0, 0.05) is 25.5 Å². The summed E-state index contributed by atoms with van der Waals surface area (Å²) in [5.74, 6) is -1.70. The molecular weight excluding hydrogens is 322 g/mol. The van der Waals surface area contributed by atoms with Crippen LogP contribution in [0.25, 0.3) is 0 Å². The van der Waals surface area contributed by atoms with E-state index in [9.17, 15) is 8.78 Å². The Kier molecular flexibility index (Phi) is 7.93. The minimum atomic E-state index is -0.685. The van der Waals surface area contributed by atoms with E-state index >= 15 is 0 Å². The highest BCUT2D eigenvalue weighted by molar-refractivity contribution is 9.08. The number of ether oxygens (including phenoxy) is 3. The van der Waals surface area contributed by atoms with Crippen molar-refractivity contribution in [2.75, 3.05) is 33.5 Å². The molecule has 6 heteroatoms. The van der Waals surface area contributed by atoms with E-state index in [4.69, 9.17) is 14.2 Å². The average molecular weight is 339 g/mol. The molecule has 19 heavy (non-hydrogen) atoms. The van der Waals surface area contributed by atoms with Crippen LogP contribution in [0.1, 0.15) is 12.0 Å². The maximum Gasteiger partial charge on any atom is 0.190 e. The van der Waals surface area contributed by atoms with Crippen LogP contribution in [-0.2, 0) is 14.8 Å². The molecule has 0 unspecified atom stereocenters. The maximum absolute atomic E-state index is 13.5. The van der Waals surface area contributed by atoms with Crippen LogP contribution in [0.4, 0.5) is 8.78 Å². The van der Waals surface area contributed by atoms with Gasteiger partial charge in [0.2, 0.25) is 0 Å². The molecule has 0 atom stereocenters. The fourth-order valence-electron chi connectivity index (χ4n) is 1.41. The van der Waals surface area contributed by atoms with Crippen molar-refractivity contribution in [3.63, 3.8) is 0 Å². The van der Waals surface area contributed by atoms with Gasteiger partial charge in [-0.15, -0.1) is 0 Å². The molecule has 0 radical (unpaired) electrons. The Balaban J connectivity index is 2.33. The lowest BCUT2D eigenvalue weighted by Crippen LogP contribution is -2.08. The molecule has 0 heterocycles. The summed E-state index contributed by atoms with van der Waals surface area (Å²) >= 11 is 3.14. The third-order valence-corrected chi connectivity index (χ3v) is 2.97. The summed E-state index contributed by atoms with van der Waals surface area (Å²) in [6, 6.07) is 2.50. The summed E-state index contributed by atoms with van der Waals surface area (Å²) in [6.45, 7) is 1.69. The molecule has 0 fully saturated rings. The van der Waals surface area contributed by atoms with Gasteiger partial charge in [0.05, 0.1) is 19.8 Å². The van der Waals surface area contributed by atoms with Crippen molar-refractivity contribution in [3.05, 3.63) is 29.3 Å². The quantitative estimate of drug-likeness (QED) is 0.510. The van der Waals surface area contributed by atoms with Gasteiger partial charge in [-0.1, -0.05) is 15.9 Å². The van der Waals surface area contributed by atoms with Gasteiger partial charge in [0.15, 0.2) is 17.4 Å². The Morgan fingerprint density at radius 3 is 2.32 bits per heavy atom. The van der Waals surface area contributed by atoms with Crippen LogP contribution in [0.2, 0.25) is 0 Å². The largest absolute Gasteiger partial charge is 0.488 e. The number of hydrogen-bond acceptors (Lipinski definition) is 3. The number of halogens is 3. The van der Waals surface area contributed by atoms with Crippen LogP contribution in [0.5, 0.6) is 5.75 Å². The van der Waals surface area contributed by atoms with E-state index in [-0.39, 0.29) is 12.4 Å². The van der Waals surface area contributed by atoms with Crippen molar-refractivity contribution in [2.45, 2.75) is 11.8 Å². The first kappa shape index (κ1) is 16.3. The van der Waals surface area contributed by atoms with E-state index in [0.29, 0.717) is 37.1 Å². The molecule has 0 aliphatic rings. The smallest absolute Gasteiger partial charge is 0.190 e. The summed E-state index contributed by atoms with van der Waals surface area (Å²) in [4.78, 5) is 0. The normalized spacial score (nSPS) is 10.7. The Morgan fingerprint density at radius 2 is 1.74 bits per heavy atom. The highest BCUT2D eigenvalue weighted by Gasteiger charge is 2.12. The first-order chi connectivity index (χ1) is 9.19. The van der Waals surface area contributed by atoms with Crippen LogP contribution >= 0.6 is 15.9 Å². The molecule has 3 nitrogen and oxygen atoms in total. The van der Waals surface area contributed by atoms with Gasteiger partial charge in [-0.25, -0.2) is 8.78 Å². The lowest BCUT2D eigenvalue weighted by molar-refractivity contribution is 0.0640. The minimum Gasteiger partial charge on any atom is -0.488 e. The van der Waals surface area contributed by atoms with Gasteiger partial charge in [-0.05, 0) is 17.7 Å². The monoisotopic (exact) mass is 338 g/mol. The van der Waals surface area contributed by atoms with Crippen LogP contribution < -0.4 is 4.74 Å². The minimum absolute atomic E-state index is 0.203. The van der Waals surface area contributed by atoms with E-state index in [0.717, 1.165) is 0 Å². The molecule has 108 valence electrons. The molecule has 0 amide bonds. The number of methoxy groups -OCH3 is 1. The van der Waals surface area contributed by atoms with Gasteiger partial charge in [-0.3, -0.25) is 0 Å². The Morgan fingerprint density at radius 1 is 1.05 bits per heavy atom. The van der Waals surface area contributed by atoms with Crippen molar-refractivity contribution < 1.29 is 23.0 Å². The zero-order valence-corrected chi connectivity index (χ0v) is 12.3. The number of benzene rings is 1. The van der Waals surface area contributed by atoms with Crippen LogP contribution in [0.15, 0.2) is 12.1 Å². The van der Waals surface area contributed by atoms with Gasteiger partial charge in [-0.2, -0.15) is 0 Å². The molecule has 1 aromatic rings. The molecule has 1 rings (SSSR count). The second-order valence-electron chi connectivity index (χ2n) is 3.83. The zero-order valence-electron chi connectivity index (χ0n) is 10.8. The highest BCUT2D eigenvalue weighted by Crippen LogP contribution is 2.24. The molecule has 0 aliphatic heterocycles. The first-order valence-electron chi connectivity index (χ1n) is 5.92. The van der Waals surface area contributed by atoms with Gasteiger partial charge < -0.3 is 14.2 Å². The van der Waals surface area contributed by atoms with E-state index in [1.165, 1.54) is 12.1 Å². The summed E-state index contributed by atoms with van der Waals surface area (Å²) in [5, 5.41) is 0.397. The van der Waals surface area contributed by atoms with Crippen LogP contribution in [-0.4, -0.2) is 33.5 Å². The van der Waals surface area contributed by atoms with Crippen LogP contribution in [0, 0.1) is 11.6 Å². The molecule has 0 saturated carbocycles. The molecule has 0 spiro atoms. The van der Waals surface area contributed by atoms with Crippen molar-refractivity contribution >= 4 is 15.9 Å². The summed E-state index contributed by atoms with van der Waals surface area (Å²) in [5.41, 5.74) is 0.533. The second kappa shape index (κ2) is 9.23. The summed E-state index contributed by atoms with van der Waals surface area (Å²) in [7, 11) is 1.59. The molecule has 0 saturated heterocycles. The molecule has 1 aromatic carbocycles. The molecule has 0 bridgehead atoms. The average Bonchev–Trinajstić information content (AvgIpc) is 2.40. The Hall–Kier alpha value is -0.720. The van der Waals surface area contributed by atoms with E-state index in [1.54, 1.807) is 7.11 Å². The number of alkyl halides is 1.